The van der Waals surface area contributed by atoms with Crippen LogP contribution in [0.15, 0.2) is 28.9 Å². The molecular formula is C22H27BrClN7O. The number of carbonyl (C=O) groups excluding carboxylic acids is 1. The zero-order valence-electron chi connectivity index (χ0n) is 17.9. The van der Waals surface area contributed by atoms with E-state index in [0.717, 1.165) is 53.5 Å². The van der Waals surface area contributed by atoms with Crippen LogP contribution in [0.5, 0.6) is 0 Å². The van der Waals surface area contributed by atoms with E-state index in [-0.39, 0.29) is 18.3 Å². The fraction of sp³-hybridized carbons (Fsp3) is 0.455. The highest BCUT2D eigenvalue weighted by Crippen LogP contribution is 2.41. The van der Waals surface area contributed by atoms with Crippen molar-refractivity contribution in [3.05, 3.63) is 40.1 Å². The maximum absolute atomic E-state index is 13.0. The number of amides is 1. The lowest BCUT2D eigenvalue weighted by Gasteiger charge is -2.12. The molecule has 1 amide bonds. The van der Waals surface area contributed by atoms with Gasteiger partial charge in [0.2, 0.25) is 11.9 Å². The zero-order valence-corrected chi connectivity index (χ0v) is 20.3. The molecule has 170 valence electrons. The smallest absolute Gasteiger partial charge is 0.238 e. The minimum absolute atomic E-state index is 0. The lowest BCUT2D eigenvalue weighted by atomic mass is 9.95. The van der Waals surface area contributed by atoms with Crippen molar-refractivity contribution in [2.45, 2.75) is 44.1 Å². The molecule has 2 aromatic heterocycles. The Morgan fingerprint density at radius 2 is 2.03 bits per heavy atom. The van der Waals surface area contributed by atoms with Crippen molar-refractivity contribution in [2.24, 2.45) is 0 Å². The van der Waals surface area contributed by atoms with Gasteiger partial charge in [-0.1, -0.05) is 28.8 Å². The molecule has 5 rings (SSSR count). The molecule has 1 fully saturated rings. The quantitative estimate of drug-likeness (QED) is 0.404. The first kappa shape index (κ1) is 22.9. The zero-order chi connectivity index (χ0) is 21.4. The first-order chi connectivity index (χ1) is 15.1. The summed E-state index contributed by atoms with van der Waals surface area (Å²) >= 11 is 3.54. The van der Waals surface area contributed by atoms with Crippen LogP contribution in [0, 0.1) is 0 Å². The number of nitrogens with one attached hydrogen (secondary N) is 3. The third kappa shape index (κ3) is 4.33. The van der Waals surface area contributed by atoms with E-state index >= 15 is 0 Å². The van der Waals surface area contributed by atoms with E-state index in [4.69, 9.17) is 10.1 Å². The van der Waals surface area contributed by atoms with Crippen molar-refractivity contribution in [3.63, 3.8) is 0 Å². The van der Waals surface area contributed by atoms with Gasteiger partial charge in [0.05, 0.1) is 17.1 Å². The molecule has 32 heavy (non-hydrogen) atoms. The van der Waals surface area contributed by atoms with E-state index in [2.05, 4.69) is 36.9 Å². The van der Waals surface area contributed by atoms with Gasteiger partial charge in [-0.05, 0) is 56.6 Å². The molecule has 1 aliphatic carbocycles. The molecule has 0 bridgehead atoms. The third-order valence-corrected chi connectivity index (χ3v) is 6.62. The van der Waals surface area contributed by atoms with Crippen molar-refractivity contribution < 1.29 is 4.79 Å². The predicted octanol–water partition coefficient (Wildman–Crippen LogP) is 4.23. The second kappa shape index (κ2) is 9.72. The van der Waals surface area contributed by atoms with Crippen molar-refractivity contribution in [2.75, 3.05) is 30.8 Å². The van der Waals surface area contributed by atoms with Crippen LogP contribution < -0.4 is 16.0 Å². The van der Waals surface area contributed by atoms with Crippen molar-refractivity contribution in [1.82, 2.24) is 25.1 Å². The summed E-state index contributed by atoms with van der Waals surface area (Å²) in [5.41, 5.74) is 3.11. The first-order valence-corrected chi connectivity index (χ1v) is 11.7. The third-order valence-electron chi connectivity index (χ3n) is 6.13. The highest BCUT2D eigenvalue weighted by molar-refractivity contribution is 9.10. The Morgan fingerprint density at radius 3 is 2.81 bits per heavy atom. The number of carbonyl (C=O) groups is 1. The van der Waals surface area contributed by atoms with Crippen LogP contribution in [0.2, 0.25) is 0 Å². The monoisotopic (exact) mass is 519 g/mol. The fourth-order valence-corrected chi connectivity index (χ4v) is 4.95. The Hall–Kier alpha value is -2.23. The summed E-state index contributed by atoms with van der Waals surface area (Å²) in [6.07, 6.45) is 7.70. The van der Waals surface area contributed by atoms with Gasteiger partial charge >= 0.3 is 0 Å². The van der Waals surface area contributed by atoms with E-state index < -0.39 is 5.92 Å². The highest BCUT2D eigenvalue weighted by atomic mass is 79.9. The molecule has 0 saturated heterocycles. The van der Waals surface area contributed by atoms with Gasteiger partial charge in [-0.3, -0.25) is 9.48 Å². The number of benzene rings is 1. The van der Waals surface area contributed by atoms with Gasteiger partial charge in [0, 0.05) is 22.9 Å². The van der Waals surface area contributed by atoms with Gasteiger partial charge in [0.1, 0.15) is 5.92 Å². The number of aromatic nitrogens is 4. The summed E-state index contributed by atoms with van der Waals surface area (Å²) in [5.74, 6) is -0.0357. The molecule has 8 nitrogen and oxygen atoms in total. The van der Waals surface area contributed by atoms with Crippen molar-refractivity contribution >= 4 is 56.9 Å². The van der Waals surface area contributed by atoms with Crippen LogP contribution in [0.1, 0.15) is 55.3 Å². The summed E-state index contributed by atoms with van der Waals surface area (Å²) in [4.78, 5) is 22.5. The second-order valence-corrected chi connectivity index (χ2v) is 9.17. The summed E-state index contributed by atoms with van der Waals surface area (Å²) in [6.45, 7) is 1.65. The number of hydrogen-bond acceptors (Lipinski definition) is 6. The molecule has 0 radical (unpaired) electrons. The van der Waals surface area contributed by atoms with Crippen molar-refractivity contribution in [3.8, 4) is 0 Å². The number of rotatable bonds is 7. The van der Waals surface area contributed by atoms with E-state index in [0.29, 0.717) is 23.3 Å². The molecule has 0 spiro atoms. The first-order valence-electron chi connectivity index (χ1n) is 10.9. The van der Waals surface area contributed by atoms with Crippen LogP contribution in [0.4, 0.5) is 11.6 Å². The van der Waals surface area contributed by atoms with Gasteiger partial charge in [-0.2, -0.15) is 10.1 Å². The molecule has 3 heterocycles. The summed E-state index contributed by atoms with van der Waals surface area (Å²) in [5, 5.41) is 15.1. The topological polar surface area (TPSA) is 96.8 Å². The van der Waals surface area contributed by atoms with Gasteiger partial charge in [0.25, 0.3) is 0 Å². The van der Waals surface area contributed by atoms with E-state index in [9.17, 15) is 4.79 Å². The molecular weight excluding hydrogens is 494 g/mol. The van der Waals surface area contributed by atoms with Crippen molar-refractivity contribution in [1.29, 1.82) is 0 Å². The molecule has 10 heteroatoms. The van der Waals surface area contributed by atoms with Crippen LogP contribution >= 0.6 is 28.3 Å². The minimum Gasteiger partial charge on any atom is -0.354 e. The summed E-state index contributed by atoms with van der Waals surface area (Å²) < 4.78 is 2.97. The van der Waals surface area contributed by atoms with E-state index in [1.165, 1.54) is 12.8 Å². The minimum atomic E-state index is -0.489. The molecule has 3 aromatic rings. The molecule has 1 aliphatic heterocycles. The van der Waals surface area contributed by atoms with E-state index in [1.54, 1.807) is 0 Å². The second-order valence-electron chi connectivity index (χ2n) is 8.25. The lowest BCUT2D eigenvalue weighted by Crippen LogP contribution is -2.17. The van der Waals surface area contributed by atoms with E-state index in [1.807, 2.05) is 36.1 Å². The Kier molecular flexibility index (Phi) is 6.97. The Bertz CT molecular complexity index is 1130. The number of halogens is 2. The lowest BCUT2D eigenvalue weighted by molar-refractivity contribution is -0.116. The van der Waals surface area contributed by atoms with Crippen LogP contribution in [-0.2, 0) is 4.79 Å². The maximum atomic E-state index is 13.0. The predicted molar refractivity (Wildman–Crippen MR) is 132 cm³/mol. The average molecular weight is 521 g/mol. The SMILES string of the molecule is CNCCCNc1nc(C2C(=O)Nc3ccc(Br)cc32)c2cn(C3CCCC3)nc2n1.Cl. The Morgan fingerprint density at radius 1 is 1.22 bits per heavy atom. The highest BCUT2D eigenvalue weighted by Gasteiger charge is 2.35. The Balaban J connectivity index is 0.00000245. The molecule has 1 atom stereocenters. The fourth-order valence-electron chi connectivity index (χ4n) is 4.57. The van der Waals surface area contributed by atoms with Gasteiger partial charge in [-0.25, -0.2) is 4.98 Å². The molecule has 1 unspecified atom stereocenters. The molecule has 1 aromatic carbocycles. The van der Waals surface area contributed by atoms with Gasteiger partial charge in [-0.15, -0.1) is 12.4 Å². The van der Waals surface area contributed by atoms with Gasteiger partial charge in [0.15, 0.2) is 5.65 Å². The number of anilines is 2. The number of nitrogens with zero attached hydrogens (tertiary/aromatic N) is 4. The number of fused-ring (bicyclic) bond motifs is 2. The van der Waals surface area contributed by atoms with Gasteiger partial charge < -0.3 is 16.0 Å². The van der Waals surface area contributed by atoms with Crippen LogP contribution in [-0.4, -0.2) is 45.8 Å². The van der Waals surface area contributed by atoms with Crippen LogP contribution in [0.3, 0.4) is 0 Å². The standard InChI is InChI=1S/C22H26BrN7O.ClH/c1-24-9-4-10-25-22-27-19(18-15-11-13(23)7-8-17(15)26-21(18)31)16-12-30(29-20(16)28-22)14-5-2-3-6-14;/h7-8,11-12,14,18,24H,2-6,9-10H2,1H3,(H,26,31)(H,25,28,29);1H. The molecule has 3 N–H and O–H groups in total. The number of hydrogen-bond donors (Lipinski definition) is 3. The maximum Gasteiger partial charge on any atom is 0.238 e. The summed E-state index contributed by atoms with van der Waals surface area (Å²) in [6, 6.07) is 6.25. The molecule has 1 saturated carbocycles. The summed E-state index contributed by atoms with van der Waals surface area (Å²) in [7, 11) is 1.94. The largest absolute Gasteiger partial charge is 0.354 e. The average Bonchev–Trinajstić information content (AvgIpc) is 3.48. The van der Waals surface area contributed by atoms with Crippen LogP contribution in [0.25, 0.3) is 11.0 Å². The molecule has 2 aliphatic rings. The Labute approximate surface area is 201 Å². The normalized spacial score (nSPS) is 17.9.